The van der Waals surface area contributed by atoms with Crippen LogP contribution < -0.4 is 9.46 Å². The van der Waals surface area contributed by atoms with Gasteiger partial charge in [0.25, 0.3) is 10.0 Å². The van der Waals surface area contributed by atoms with Gasteiger partial charge in [0.15, 0.2) is 0 Å². The van der Waals surface area contributed by atoms with E-state index in [2.05, 4.69) is 15.0 Å². The van der Waals surface area contributed by atoms with Crippen molar-refractivity contribution in [1.29, 1.82) is 0 Å². The van der Waals surface area contributed by atoms with Gasteiger partial charge in [-0.05, 0) is 41.6 Å². The van der Waals surface area contributed by atoms with Crippen molar-refractivity contribution in [2.24, 2.45) is 0 Å². The highest BCUT2D eigenvalue weighted by Crippen LogP contribution is 2.17. The number of hydrogen-bond donors (Lipinski definition) is 1. The summed E-state index contributed by atoms with van der Waals surface area (Å²) in [6.45, 7) is 1.54. The maximum absolute atomic E-state index is 12.2. The summed E-state index contributed by atoms with van der Waals surface area (Å²) in [4.78, 5) is 23.4. The van der Waals surface area contributed by atoms with Gasteiger partial charge in [0.1, 0.15) is 10.7 Å². The van der Waals surface area contributed by atoms with E-state index in [0.29, 0.717) is 3.57 Å². The molecule has 1 amide bonds. The molecule has 0 aliphatic rings. The number of rotatable bonds is 4. The molecular weight excluding hydrogens is 423 g/mol. The molecule has 0 fully saturated rings. The summed E-state index contributed by atoms with van der Waals surface area (Å²) < 4.78 is 31.7. The molecule has 0 unspecified atom stereocenters. The molecule has 0 radical (unpaired) electrons. The van der Waals surface area contributed by atoms with Crippen molar-refractivity contribution in [2.45, 2.75) is 11.8 Å². The Morgan fingerprint density at radius 2 is 1.91 bits per heavy atom. The van der Waals surface area contributed by atoms with Crippen molar-refractivity contribution in [1.82, 2.24) is 19.7 Å². The number of nitrogens with one attached hydrogen (secondary N) is 1. The van der Waals surface area contributed by atoms with Crippen LogP contribution in [0.15, 0.2) is 29.2 Å². The summed E-state index contributed by atoms with van der Waals surface area (Å²) in [5, 5.41) is 0. The fraction of sp³-hybridized carbons (Fsp3) is 0.167. The van der Waals surface area contributed by atoms with E-state index >= 15 is 0 Å². The number of halogens is 1. The SMILES string of the molecule is COc1nc(C)nc(C(=O)NS(=O)(=O)c2ccccc2I)n1. The highest BCUT2D eigenvalue weighted by Gasteiger charge is 2.23. The number of aromatic nitrogens is 3. The molecule has 0 saturated heterocycles. The van der Waals surface area contributed by atoms with E-state index in [0.717, 1.165) is 0 Å². The molecule has 2 rings (SSSR count). The molecule has 116 valence electrons. The number of aryl methyl sites for hydroxylation is 1. The molecule has 1 aromatic heterocycles. The number of nitrogens with zero attached hydrogens (tertiary/aromatic N) is 3. The first-order valence-electron chi connectivity index (χ1n) is 5.92. The molecule has 0 bridgehead atoms. The van der Waals surface area contributed by atoms with E-state index in [4.69, 9.17) is 4.74 Å². The predicted octanol–water partition coefficient (Wildman–Crippen LogP) is 0.912. The van der Waals surface area contributed by atoms with Crippen LogP contribution in [0, 0.1) is 10.5 Å². The van der Waals surface area contributed by atoms with Crippen LogP contribution in [0.5, 0.6) is 6.01 Å². The van der Waals surface area contributed by atoms with Crippen molar-refractivity contribution in [3.63, 3.8) is 0 Å². The van der Waals surface area contributed by atoms with Crippen molar-refractivity contribution >= 4 is 38.5 Å². The van der Waals surface area contributed by atoms with Gasteiger partial charge in [-0.3, -0.25) is 4.79 Å². The number of hydrogen-bond acceptors (Lipinski definition) is 7. The van der Waals surface area contributed by atoms with E-state index in [1.807, 2.05) is 27.3 Å². The minimum atomic E-state index is -4.02. The average Bonchev–Trinajstić information content (AvgIpc) is 2.46. The zero-order chi connectivity index (χ0) is 16.3. The summed E-state index contributed by atoms with van der Waals surface area (Å²) in [6.07, 6.45) is 0. The second kappa shape index (κ2) is 6.52. The molecule has 0 spiro atoms. The Kier molecular flexibility index (Phi) is 4.90. The van der Waals surface area contributed by atoms with Crippen LogP contribution in [0.4, 0.5) is 0 Å². The largest absolute Gasteiger partial charge is 0.467 e. The lowest BCUT2D eigenvalue weighted by atomic mass is 10.4. The lowest BCUT2D eigenvalue weighted by molar-refractivity contribution is 0.0969. The first-order valence-corrected chi connectivity index (χ1v) is 8.48. The Hall–Kier alpha value is -1.82. The second-order valence-electron chi connectivity index (χ2n) is 4.06. The molecule has 1 N–H and O–H groups in total. The number of methoxy groups -OCH3 is 1. The van der Waals surface area contributed by atoms with Crippen molar-refractivity contribution in [3.8, 4) is 6.01 Å². The van der Waals surface area contributed by atoms with Crippen LogP contribution in [-0.2, 0) is 10.0 Å². The molecule has 0 saturated carbocycles. The van der Waals surface area contributed by atoms with Gasteiger partial charge >= 0.3 is 11.9 Å². The minimum Gasteiger partial charge on any atom is -0.467 e. The van der Waals surface area contributed by atoms with Gasteiger partial charge in [-0.1, -0.05) is 12.1 Å². The van der Waals surface area contributed by atoms with Crippen molar-refractivity contribution in [3.05, 3.63) is 39.5 Å². The molecule has 1 heterocycles. The van der Waals surface area contributed by atoms with Crippen LogP contribution >= 0.6 is 22.6 Å². The van der Waals surface area contributed by atoms with Crippen LogP contribution in [-0.4, -0.2) is 36.4 Å². The Morgan fingerprint density at radius 1 is 1.23 bits per heavy atom. The van der Waals surface area contributed by atoms with Gasteiger partial charge in [0, 0.05) is 3.57 Å². The molecule has 0 aliphatic heterocycles. The summed E-state index contributed by atoms with van der Waals surface area (Å²) in [5.74, 6) is -1.05. The topological polar surface area (TPSA) is 111 Å². The first kappa shape index (κ1) is 16.5. The maximum Gasteiger partial charge on any atom is 0.320 e. The Labute approximate surface area is 140 Å². The van der Waals surface area contributed by atoms with E-state index in [-0.39, 0.29) is 22.6 Å². The van der Waals surface area contributed by atoms with E-state index in [9.17, 15) is 13.2 Å². The fourth-order valence-electron chi connectivity index (χ4n) is 1.54. The maximum atomic E-state index is 12.2. The van der Waals surface area contributed by atoms with Crippen LogP contribution in [0.3, 0.4) is 0 Å². The van der Waals surface area contributed by atoms with Crippen LogP contribution in [0.1, 0.15) is 16.4 Å². The lowest BCUT2D eigenvalue weighted by Crippen LogP contribution is -2.32. The zero-order valence-electron chi connectivity index (χ0n) is 11.6. The highest BCUT2D eigenvalue weighted by atomic mass is 127. The minimum absolute atomic E-state index is 0.00157. The van der Waals surface area contributed by atoms with Crippen molar-refractivity contribution in [2.75, 3.05) is 7.11 Å². The normalized spacial score (nSPS) is 11.0. The Balaban J connectivity index is 2.32. The van der Waals surface area contributed by atoms with E-state index in [1.54, 1.807) is 18.2 Å². The number of sulfonamides is 1. The summed E-state index contributed by atoms with van der Waals surface area (Å²) in [7, 11) is -2.69. The molecule has 10 heteroatoms. The summed E-state index contributed by atoms with van der Waals surface area (Å²) in [5.41, 5.74) is 0. The number of amides is 1. The number of benzene rings is 1. The van der Waals surface area contributed by atoms with Crippen LogP contribution in [0.2, 0.25) is 0 Å². The lowest BCUT2D eigenvalue weighted by Gasteiger charge is -2.08. The van der Waals surface area contributed by atoms with E-state index in [1.165, 1.54) is 20.1 Å². The third-order valence-electron chi connectivity index (χ3n) is 2.47. The highest BCUT2D eigenvalue weighted by molar-refractivity contribution is 14.1. The van der Waals surface area contributed by atoms with E-state index < -0.39 is 15.9 Å². The third kappa shape index (κ3) is 3.68. The molecule has 8 nitrogen and oxygen atoms in total. The number of ether oxygens (including phenoxy) is 1. The van der Waals surface area contributed by atoms with Gasteiger partial charge in [-0.2, -0.15) is 9.97 Å². The molecule has 22 heavy (non-hydrogen) atoms. The van der Waals surface area contributed by atoms with Crippen molar-refractivity contribution < 1.29 is 17.9 Å². The first-order chi connectivity index (χ1) is 10.3. The standard InChI is InChI=1S/C12H11IN4O4S/c1-7-14-10(16-12(15-7)21-2)11(18)17-22(19,20)9-6-4-3-5-8(9)13/h3-6H,1-2H3,(H,17,18). The molecule has 0 atom stereocenters. The Bertz CT molecular complexity index is 826. The molecular formula is C12H11IN4O4S. The quantitative estimate of drug-likeness (QED) is 0.713. The van der Waals surface area contributed by atoms with Gasteiger partial charge in [-0.15, -0.1) is 0 Å². The Morgan fingerprint density at radius 3 is 2.55 bits per heavy atom. The molecule has 2 aromatic rings. The van der Waals surface area contributed by atoms with Gasteiger partial charge in [-0.25, -0.2) is 18.1 Å². The van der Waals surface area contributed by atoms with Gasteiger partial charge < -0.3 is 4.74 Å². The monoisotopic (exact) mass is 434 g/mol. The predicted molar refractivity (Wildman–Crippen MR) is 84.9 cm³/mol. The smallest absolute Gasteiger partial charge is 0.320 e. The van der Waals surface area contributed by atoms with Gasteiger partial charge in [0.05, 0.1) is 7.11 Å². The molecule has 0 aliphatic carbocycles. The third-order valence-corrected chi connectivity index (χ3v) is 5.16. The second-order valence-corrected chi connectivity index (χ2v) is 6.87. The number of carbonyl (C=O) groups is 1. The molecule has 1 aromatic carbocycles. The summed E-state index contributed by atoms with van der Waals surface area (Å²) in [6, 6.07) is 6.22. The number of carbonyl (C=O) groups excluding carboxylic acids is 1. The fourth-order valence-corrected chi connectivity index (χ4v) is 3.82. The van der Waals surface area contributed by atoms with Gasteiger partial charge in [0.2, 0.25) is 5.82 Å². The zero-order valence-corrected chi connectivity index (χ0v) is 14.5. The average molecular weight is 434 g/mol. The van der Waals surface area contributed by atoms with Crippen LogP contribution in [0.25, 0.3) is 0 Å². The summed E-state index contributed by atoms with van der Waals surface area (Å²) >= 11 is 1.87.